The summed E-state index contributed by atoms with van der Waals surface area (Å²) in [6.45, 7) is 9.22. The molecule has 2 aliphatic rings. The van der Waals surface area contributed by atoms with E-state index < -0.39 is 0 Å². The fourth-order valence-corrected chi connectivity index (χ4v) is 5.75. The van der Waals surface area contributed by atoms with Crippen LogP contribution in [0.5, 0.6) is 0 Å². The molecule has 4 rings (SSSR count). The summed E-state index contributed by atoms with van der Waals surface area (Å²) in [5, 5.41) is 6.91. The van der Waals surface area contributed by atoms with Gasteiger partial charge in [-0.25, -0.2) is 4.98 Å². The summed E-state index contributed by atoms with van der Waals surface area (Å²) >= 11 is 3.38. The van der Waals surface area contributed by atoms with Crippen LogP contribution < -0.4 is 10.2 Å². The Balaban J connectivity index is 0.00000256. The number of aryl methyl sites for hydroxylation is 1. The molecule has 30 heavy (non-hydrogen) atoms. The second-order valence-electron chi connectivity index (χ2n) is 7.52. The molecule has 0 radical (unpaired) electrons. The first kappa shape index (κ1) is 23.7. The third kappa shape index (κ3) is 5.63. The Bertz CT molecular complexity index is 781. The summed E-state index contributed by atoms with van der Waals surface area (Å²) in [5.41, 5.74) is 0. The lowest BCUT2D eigenvalue weighted by Gasteiger charge is -2.37. The third-order valence-corrected chi connectivity index (χ3v) is 7.53. The molecule has 2 aliphatic heterocycles. The molecule has 2 aromatic rings. The number of guanidine groups is 1. The first-order valence-electron chi connectivity index (χ1n) is 10.6. The Morgan fingerprint density at radius 1 is 1.20 bits per heavy atom. The highest BCUT2D eigenvalue weighted by atomic mass is 127. The van der Waals surface area contributed by atoms with E-state index in [4.69, 9.17) is 0 Å². The van der Waals surface area contributed by atoms with E-state index in [9.17, 15) is 0 Å². The second-order valence-corrected chi connectivity index (χ2v) is 9.23. The maximum absolute atomic E-state index is 4.64. The number of piperazine rings is 1. The average molecular weight is 562 g/mol. The van der Waals surface area contributed by atoms with Crippen molar-refractivity contribution in [3.05, 3.63) is 28.2 Å². The summed E-state index contributed by atoms with van der Waals surface area (Å²) in [4.78, 5) is 18.0. The van der Waals surface area contributed by atoms with Crippen molar-refractivity contribution in [2.75, 3.05) is 57.8 Å². The predicted octanol–water partition coefficient (Wildman–Crippen LogP) is 3.31. The Labute approximate surface area is 204 Å². The SMILES string of the molecule is CCc1nsc(N2CCN(C(=NC)NCC(c3cccs3)N3CCCC3)CC2)n1.I. The molecule has 4 heterocycles. The number of thiophene rings is 1. The van der Waals surface area contributed by atoms with E-state index in [1.54, 1.807) is 0 Å². The molecular weight excluding hydrogens is 529 g/mol. The molecule has 166 valence electrons. The number of nitrogens with one attached hydrogen (secondary N) is 1. The highest BCUT2D eigenvalue weighted by Gasteiger charge is 2.26. The highest BCUT2D eigenvalue weighted by Crippen LogP contribution is 2.28. The maximum atomic E-state index is 4.64. The molecule has 0 amide bonds. The van der Waals surface area contributed by atoms with Crippen molar-refractivity contribution in [2.45, 2.75) is 32.2 Å². The van der Waals surface area contributed by atoms with E-state index >= 15 is 0 Å². The van der Waals surface area contributed by atoms with Gasteiger partial charge in [0.1, 0.15) is 5.82 Å². The third-order valence-electron chi connectivity index (χ3n) is 5.74. The van der Waals surface area contributed by atoms with E-state index in [2.05, 4.69) is 58.8 Å². The van der Waals surface area contributed by atoms with Gasteiger partial charge in [-0.1, -0.05) is 13.0 Å². The van der Waals surface area contributed by atoms with Gasteiger partial charge in [0.2, 0.25) is 5.13 Å². The first-order valence-corrected chi connectivity index (χ1v) is 12.2. The van der Waals surface area contributed by atoms with Gasteiger partial charge < -0.3 is 15.1 Å². The summed E-state index contributed by atoms with van der Waals surface area (Å²) in [6, 6.07) is 4.86. The van der Waals surface area contributed by atoms with Crippen LogP contribution in [0.1, 0.15) is 36.5 Å². The van der Waals surface area contributed by atoms with Crippen molar-refractivity contribution in [1.29, 1.82) is 0 Å². The zero-order valence-corrected chi connectivity index (χ0v) is 21.8. The molecule has 10 heteroatoms. The van der Waals surface area contributed by atoms with Crippen molar-refractivity contribution in [1.82, 2.24) is 24.5 Å². The van der Waals surface area contributed by atoms with E-state index in [1.165, 1.54) is 42.3 Å². The largest absolute Gasteiger partial charge is 0.354 e. The number of halogens is 1. The van der Waals surface area contributed by atoms with Crippen LogP contribution in [0.4, 0.5) is 5.13 Å². The minimum absolute atomic E-state index is 0. The van der Waals surface area contributed by atoms with Crippen LogP contribution in [0.2, 0.25) is 0 Å². The standard InChI is InChI=1S/C20H31N7S2.HI/c1-3-18-23-20(29-24-18)27-12-10-26(11-13-27)19(21-2)22-15-16(17-7-6-14-28-17)25-8-4-5-9-25;/h6-7,14,16H,3-5,8-13,15H2,1-2H3,(H,21,22);1H. The van der Waals surface area contributed by atoms with Gasteiger partial charge in [-0.2, -0.15) is 4.37 Å². The molecule has 7 nitrogen and oxygen atoms in total. The molecule has 0 aromatic carbocycles. The predicted molar refractivity (Wildman–Crippen MR) is 138 cm³/mol. The number of rotatable bonds is 6. The van der Waals surface area contributed by atoms with Gasteiger partial charge in [-0.05, 0) is 37.4 Å². The number of anilines is 1. The van der Waals surface area contributed by atoms with Crippen molar-refractivity contribution in [2.24, 2.45) is 4.99 Å². The molecule has 2 fully saturated rings. The lowest BCUT2D eigenvalue weighted by Crippen LogP contribution is -2.53. The molecule has 0 bridgehead atoms. The van der Waals surface area contributed by atoms with Gasteiger partial charge in [0.25, 0.3) is 0 Å². The number of hydrogen-bond acceptors (Lipinski definition) is 7. The van der Waals surface area contributed by atoms with E-state index in [1.807, 2.05) is 18.4 Å². The van der Waals surface area contributed by atoms with E-state index in [0.717, 1.165) is 56.1 Å². The molecule has 1 N–H and O–H groups in total. The van der Waals surface area contributed by atoms with Crippen LogP contribution in [0.15, 0.2) is 22.5 Å². The monoisotopic (exact) mass is 561 g/mol. The molecule has 2 aromatic heterocycles. The highest BCUT2D eigenvalue weighted by molar-refractivity contribution is 14.0. The zero-order chi connectivity index (χ0) is 20.1. The Hall–Kier alpha value is -0.980. The minimum Gasteiger partial charge on any atom is -0.354 e. The number of hydrogen-bond donors (Lipinski definition) is 1. The Morgan fingerprint density at radius 3 is 2.57 bits per heavy atom. The molecule has 2 saturated heterocycles. The summed E-state index contributed by atoms with van der Waals surface area (Å²) in [7, 11) is 1.89. The summed E-state index contributed by atoms with van der Waals surface area (Å²) < 4.78 is 4.43. The van der Waals surface area contributed by atoms with Gasteiger partial charge in [-0.15, -0.1) is 35.3 Å². The molecule has 0 saturated carbocycles. The molecule has 1 unspecified atom stereocenters. The van der Waals surface area contributed by atoms with Crippen molar-refractivity contribution >= 4 is 57.9 Å². The van der Waals surface area contributed by atoms with E-state index in [-0.39, 0.29) is 24.0 Å². The van der Waals surface area contributed by atoms with Crippen molar-refractivity contribution in [3.63, 3.8) is 0 Å². The number of aliphatic imine (C=N–C) groups is 1. The Kier molecular flexibility index (Phi) is 9.14. The molecule has 0 spiro atoms. The van der Waals surface area contributed by atoms with Crippen molar-refractivity contribution < 1.29 is 0 Å². The normalized spacial score (nSPS) is 19.1. The lowest BCUT2D eigenvalue weighted by atomic mass is 10.2. The fourth-order valence-electron chi connectivity index (χ4n) is 4.09. The van der Waals surface area contributed by atoms with Crippen LogP contribution in [0, 0.1) is 0 Å². The molecule has 1 atom stereocenters. The van der Waals surface area contributed by atoms with Crippen LogP contribution in [-0.4, -0.2) is 78.0 Å². The van der Waals surface area contributed by atoms with Gasteiger partial charge in [0, 0.05) is 62.6 Å². The zero-order valence-electron chi connectivity index (χ0n) is 17.8. The Morgan fingerprint density at radius 2 is 1.97 bits per heavy atom. The second kappa shape index (κ2) is 11.6. The maximum Gasteiger partial charge on any atom is 0.205 e. The van der Waals surface area contributed by atoms with Crippen molar-refractivity contribution in [3.8, 4) is 0 Å². The van der Waals surface area contributed by atoms with Gasteiger partial charge >= 0.3 is 0 Å². The average Bonchev–Trinajstić information content (AvgIpc) is 3.54. The van der Waals surface area contributed by atoms with Crippen LogP contribution in [-0.2, 0) is 6.42 Å². The minimum atomic E-state index is 0. The van der Waals surface area contributed by atoms with Crippen LogP contribution in [0.25, 0.3) is 0 Å². The lowest BCUT2D eigenvalue weighted by molar-refractivity contribution is 0.246. The molecule has 0 aliphatic carbocycles. The van der Waals surface area contributed by atoms with Gasteiger partial charge in [-0.3, -0.25) is 9.89 Å². The number of likely N-dealkylation sites (tertiary alicyclic amines) is 1. The van der Waals surface area contributed by atoms with Crippen LogP contribution >= 0.6 is 46.8 Å². The topological polar surface area (TPSA) is 59.9 Å². The van der Waals surface area contributed by atoms with Gasteiger partial charge in [0.15, 0.2) is 5.96 Å². The smallest absolute Gasteiger partial charge is 0.205 e. The number of aromatic nitrogens is 2. The van der Waals surface area contributed by atoms with Gasteiger partial charge in [0.05, 0.1) is 6.04 Å². The van der Waals surface area contributed by atoms with E-state index in [0.29, 0.717) is 6.04 Å². The first-order chi connectivity index (χ1) is 14.3. The summed E-state index contributed by atoms with van der Waals surface area (Å²) in [6.07, 6.45) is 3.52. The number of nitrogens with zero attached hydrogens (tertiary/aromatic N) is 6. The molecular formula is C20H32IN7S2. The summed E-state index contributed by atoms with van der Waals surface area (Å²) in [5.74, 6) is 1.96. The quantitative estimate of drug-likeness (QED) is 0.332. The van der Waals surface area contributed by atoms with Crippen LogP contribution in [0.3, 0.4) is 0 Å². The fraction of sp³-hybridized carbons (Fsp3) is 0.650.